The smallest absolute Gasteiger partial charge is 0.221 e. The van der Waals surface area contributed by atoms with Crippen LogP contribution >= 0.6 is 0 Å². The highest BCUT2D eigenvalue weighted by molar-refractivity contribution is 5.94. The number of aliphatic hydroxyl groups excluding tert-OH is 1. The van der Waals surface area contributed by atoms with Crippen molar-refractivity contribution in [3.05, 3.63) is 77.5 Å². The maximum absolute atomic E-state index is 9.78. The zero-order valence-electron chi connectivity index (χ0n) is 19.6. The zero-order chi connectivity index (χ0) is 22.5. The summed E-state index contributed by atoms with van der Waals surface area (Å²) in [6, 6.07) is 13.5. The van der Waals surface area contributed by atoms with Gasteiger partial charge < -0.3 is 9.84 Å². The number of aromatic nitrogens is 1. The maximum atomic E-state index is 9.78. The number of fused-ring (bicyclic) bond motifs is 1. The van der Waals surface area contributed by atoms with Gasteiger partial charge in [0.05, 0.1) is 10.9 Å². The van der Waals surface area contributed by atoms with Crippen molar-refractivity contribution in [2.75, 3.05) is 20.3 Å². The molecule has 31 heavy (non-hydrogen) atoms. The quantitative estimate of drug-likeness (QED) is 0.367. The average molecular weight is 419 g/mol. The highest BCUT2D eigenvalue weighted by atomic mass is 16.5. The van der Waals surface area contributed by atoms with Gasteiger partial charge in [0.1, 0.15) is 6.61 Å². The molecule has 1 atom stereocenters. The third kappa shape index (κ3) is 5.06. The summed E-state index contributed by atoms with van der Waals surface area (Å²) < 4.78 is 7.78. The molecule has 164 valence electrons. The Balaban J connectivity index is 2.36. The van der Waals surface area contributed by atoms with Crippen LogP contribution in [0.3, 0.4) is 0 Å². The van der Waals surface area contributed by atoms with Gasteiger partial charge in [-0.25, -0.2) is 0 Å². The van der Waals surface area contributed by atoms with Gasteiger partial charge in [0.2, 0.25) is 5.69 Å². The van der Waals surface area contributed by atoms with Crippen molar-refractivity contribution in [2.24, 2.45) is 5.92 Å². The first-order chi connectivity index (χ1) is 14.9. The van der Waals surface area contributed by atoms with Crippen molar-refractivity contribution in [2.45, 2.75) is 46.6 Å². The lowest BCUT2D eigenvalue weighted by Crippen LogP contribution is -2.43. The van der Waals surface area contributed by atoms with Gasteiger partial charge in [-0.1, -0.05) is 44.2 Å². The Morgan fingerprint density at radius 1 is 1.13 bits per heavy atom. The van der Waals surface area contributed by atoms with E-state index >= 15 is 0 Å². The van der Waals surface area contributed by atoms with E-state index in [1.807, 2.05) is 6.08 Å². The van der Waals surface area contributed by atoms with Crippen molar-refractivity contribution < 1.29 is 14.4 Å². The number of methoxy groups -OCH3 is 1. The summed E-state index contributed by atoms with van der Waals surface area (Å²) in [5.41, 5.74) is 7.32. The van der Waals surface area contributed by atoms with Crippen LogP contribution in [0.2, 0.25) is 0 Å². The summed E-state index contributed by atoms with van der Waals surface area (Å²) in [5, 5.41) is 12.2. The number of hydrogen-bond acceptors (Lipinski definition) is 2. The lowest BCUT2D eigenvalue weighted by Gasteiger charge is -2.18. The van der Waals surface area contributed by atoms with Crippen LogP contribution < -0.4 is 4.57 Å². The second-order valence-electron chi connectivity index (χ2n) is 8.93. The number of hydrogen-bond donors (Lipinski definition) is 1. The van der Waals surface area contributed by atoms with E-state index in [2.05, 4.69) is 81.4 Å². The molecule has 0 aliphatic heterocycles. The fourth-order valence-corrected chi connectivity index (χ4v) is 4.58. The fourth-order valence-electron chi connectivity index (χ4n) is 4.58. The molecule has 1 heterocycles. The first-order valence-electron chi connectivity index (χ1n) is 11.2. The molecule has 1 aromatic heterocycles. The number of ether oxygens (including phenoxy) is 1. The van der Waals surface area contributed by atoms with Crippen LogP contribution in [0.1, 0.15) is 42.1 Å². The van der Waals surface area contributed by atoms with E-state index in [1.54, 1.807) is 7.11 Å². The first kappa shape index (κ1) is 23.2. The molecule has 0 radical (unpaired) electrons. The third-order valence-corrected chi connectivity index (χ3v) is 5.89. The van der Waals surface area contributed by atoms with Crippen molar-refractivity contribution in [3.63, 3.8) is 0 Å². The molecule has 3 aromatic rings. The molecule has 0 aliphatic carbocycles. The highest BCUT2D eigenvalue weighted by Crippen LogP contribution is 2.33. The molecule has 3 rings (SSSR count). The Kier molecular flexibility index (Phi) is 7.64. The largest absolute Gasteiger partial charge is 0.396 e. The van der Waals surface area contributed by atoms with Gasteiger partial charge in [-0.3, -0.25) is 0 Å². The molecule has 0 saturated heterocycles. The van der Waals surface area contributed by atoms with Gasteiger partial charge >= 0.3 is 0 Å². The molecular formula is C28H36NO2+. The number of pyridine rings is 1. The van der Waals surface area contributed by atoms with Crippen LogP contribution in [0, 0.1) is 19.8 Å². The summed E-state index contributed by atoms with van der Waals surface area (Å²) in [5.74, 6) is 0.619. The van der Waals surface area contributed by atoms with Gasteiger partial charge in [0.25, 0.3) is 0 Å². The second-order valence-corrected chi connectivity index (χ2v) is 8.93. The monoisotopic (exact) mass is 418 g/mol. The fraction of sp³-hybridized carbons (Fsp3) is 0.393. The van der Waals surface area contributed by atoms with Crippen molar-refractivity contribution in [3.8, 4) is 11.3 Å². The van der Waals surface area contributed by atoms with Crippen LogP contribution in [0.15, 0.2) is 55.3 Å². The molecular weight excluding hydrogens is 382 g/mol. The highest BCUT2D eigenvalue weighted by Gasteiger charge is 2.26. The lowest BCUT2D eigenvalue weighted by atomic mass is 9.91. The molecule has 3 heteroatoms. The molecule has 0 bridgehead atoms. The predicted molar refractivity (Wildman–Crippen MR) is 129 cm³/mol. The molecule has 1 unspecified atom stereocenters. The number of aryl methyl sites for hydroxylation is 2. The third-order valence-electron chi connectivity index (χ3n) is 5.89. The van der Waals surface area contributed by atoms with E-state index in [9.17, 15) is 5.11 Å². The summed E-state index contributed by atoms with van der Waals surface area (Å²) in [6.07, 6.45) is 5.80. The van der Waals surface area contributed by atoms with E-state index < -0.39 is 0 Å². The summed E-state index contributed by atoms with van der Waals surface area (Å²) >= 11 is 0. The lowest BCUT2D eigenvalue weighted by molar-refractivity contribution is -0.702. The number of aliphatic hydroxyl groups is 1. The molecule has 2 aromatic carbocycles. The van der Waals surface area contributed by atoms with E-state index in [0.717, 1.165) is 12.1 Å². The topological polar surface area (TPSA) is 33.3 Å². The summed E-state index contributed by atoms with van der Waals surface area (Å²) in [7, 11) is 1.73. The molecule has 1 N–H and O–H groups in total. The first-order valence-corrected chi connectivity index (χ1v) is 11.2. The Morgan fingerprint density at radius 2 is 1.90 bits per heavy atom. The molecule has 0 fully saturated rings. The normalized spacial score (nSPS) is 12.5. The zero-order valence-corrected chi connectivity index (χ0v) is 19.6. The Hall–Kier alpha value is -2.49. The average Bonchev–Trinajstić information content (AvgIpc) is 2.72. The van der Waals surface area contributed by atoms with Crippen LogP contribution in [-0.4, -0.2) is 25.4 Å². The maximum Gasteiger partial charge on any atom is 0.221 e. The number of benzene rings is 2. The number of rotatable bonds is 9. The van der Waals surface area contributed by atoms with Crippen LogP contribution in [0.4, 0.5) is 0 Å². The standard InChI is InChI=1S/C28H36NO2/c1-7-24(18-31-6)29-12-10-23-17-22(14-19(2)3)8-9-26(23)28(29)27-16-20(4)15-21(5)25(27)11-13-30/h7-10,12,15-17,19,24,30H,1,11,13-14,18H2,2-6H3/q+1. The summed E-state index contributed by atoms with van der Waals surface area (Å²) in [6.45, 7) is 13.5. The minimum absolute atomic E-state index is 0.0162. The minimum atomic E-state index is 0.0162. The van der Waals surface area contributed by atoms with Gasteiger partial charge in [-0.15, -0.1) is 0 Å². The van der Waals surface area contributed by atoms with E-state index in [-0.39, 0.29) is 12.6 Å². The van der Waals surface area contributed by atoms with Gasteiger partial charge in [-0.05, 0) is 72.9 Å². The molecule has 3 nitrogen and oxygen atoms in total. The SMILES string of the molecule is C=CC(COC)[n+]1ccc2cc(CC(C)C)ccc2c1-c1cc(C)cc(C)c1CCO. The van der Waals surface area contributed by atoms with Gasteiger partial charge in [-0.2, -0.15) is 4.57 Å². The molecule has 0 amide bonds. The summed E-state index contributed by atoms with van der Waals surface area (Å²) in [4.78, 5) is 0. The Labute approximate surface area is 187 Å². The molecule has 0 aliphatic rings. The molecule has 0 spiro atoms. The van der Waals surface area contributed by atoms with Crippen LogP contribution in [0.5, 0.6) is 0 Å². The second kappa shape index (κ2) is 10.2. The molecule has 0 saturated carbocycles. The van der Waals surface area contributed by atoms with Crippen LogP contribution in [-0.2, 0) is 17.6 Å². The van der Waals surface area contributed by atoms with Gasteiger partial charge in [0, 0.05) is 19.8 Å². The van der Waals surface area contributed by atoms with Crippen molar-refractivity contribution in [1.82, 2.24) is 0 Å². The number of nitrogens with zero attached hydrogens (tertiary/aromatic N) is 1. The van der Waals surface area contributed by atoms with Crippen molar-refractivity contribution >= 4 is 10.8 Å². The Bertz CT molecular complexity index is 1070. The predicted octanol–water partition coefficient (Wildman–Crippen LogP) is 5.52. The minimum Gasteiger partial charge on any atom is -0.396 e. The Morgan fingerprint density at radius 3 is 2.55 bits per heavy atom. The van der Waals surface area contributed by atoms with E-state index in [1.165, 1.54) is 38.6 Å². The van der Waals surface area contributed by atoms with E-state index in [4.69, 9.17) is 4.74 Å². The van der Waals surface area contributed by atoms with Gasteiger partial charge in [0.15, 0.2) is 12.2 Å². The van der Waals surface area contributed by atoms with Crippen molar-refractivity contribution in [1.29, 1.82) is 0 Å². The van der Waals surface area contributed by atoms with Crippen LogP contribution in [0.25, 0.3) is 22.0 Å². The van der Waals surface area contributed by atoms with E-state index in [0.29, 0.717) is 18.9 Å².